The van der Waals surface area contributed by atoms with Crippen molar-refractivity contribution in [2.75, 3.05) is 33.2 Å². The Morgan fingerprint density at radius 2 is 2.05 bits per heavy atom. The van der Waals surface area contributed by atoms with Crippen LogP contribution in [0.15, 0.2) is 0 Å². The van der Waals surface area contributed by atoms with Gasteiger partial charge in [-0.1, -0.05) is 12.8 Å². The molecule has 21 heavy (non-hydrogen) atoms. The Bertz CT molecular complexity index is 361. The number of likely N-dealkylation sites (N-methyl/N-ethyl adjacent to an activating group) is 1. The van der Waals surface area contributed by atoms with Crippen LogP contribution in [0.3, 0.4) is 0 Å². The van der Waals surface area contributed by atoms with Crippen molar-refractivity contribution in [3.63, 3.8) is 0 Å². The van der Waals surface area contributed by atoms with Crippen LogP contribution in [0.4, 0.5) is 13.2 Å². The summed E-state index contributed by atoms with van der Waals surface area (Å²) in [6.07, 6.45) is 0.0227. The number of rotatable bonds is 5. The summed E-state index contributed by atoms with van der Waals surface area (Å²) >= 11 is 0. The van der Waals surface area contributed by atoms with Crippen LogP contribution in [0.1, 0.15) is 32.1 Å². The third kappa shape index (κ3) is 3.51. The zero-order valence-corrected chi connectivity index (χ0v) is 12.4. The van der Waals surface area contributed by atoms with Crippen LogP contribution in [0, 0.1) is 5.41 Å². The van der Waals surface area contributed by atoms with Crippen molar-refractivity contribution in [1.29, 1.82) is 0 Å². The van der Waals surface area contributed by atoms with Crippen molar-refractivity contribution in [1.82, 2.24) is 15.5 Å². The highest BCUT2D eigenvalue weighted by Crippen LogP contribution is 2.43. The third-order valence-electron chi connectivity index (χ3n) is 4.83. The Morgan fingerprint density at radius 3 is 2.57 bits per heavy atom. The van der Waals surface area contributed by atoms with Gasteiger partial charge in [0.2, 0.25) is 5.91 Å². The summed E-state index contributed by atoms with van der Waals surface area (Å²) in [7, 11) is 1.97. The molecule has 2 rings (SSSR count). The van der Waals surface area contributed by atoms with E-state index in [4.69, 9.17) is 0 Å². The number of carbonyl (C=O) groups excluding carboxylic acids is 1. The standard InChI is InChI=1S/C14H24F3N3O/c1-20(11-4-2-3-5-11)9-8-19-12(21)13(14(15,16)17)6-7-18-10-13/h11,18H,2-10H2,1H3,(H,19,21). The van der Waals surface area contributed by atoms with E-state index in [2.05, 4.69) is 15.5 Å². The van der Waals surface area contributed by atoms with Gasteiger partial charge in [-0.2, -0.15) is 13.2 Å². The van der Waals surface area contributed by atoms with Gasteiger partial charge in [0, 0.05) is 25.7 Å². The van der Waals surface area contributed by atoms with Crippen molar-refractivity contribution in [3.8, 4) is 0 Å². The van der Waals surface area contributed by atoms with Gasteiger partial charge in [-0.3, -0.25) is 4.79 Å². The predicted molar refractivity (Wildman–Crippen MR) is 73.9 cm³/mol. The molecule has 0 aromatic heterocycles. The van der Waals surface area contributed by atoms with E-state index in [-0.39, 0.29) is 26.1 Å². The number of nitrogens with zero attached hydrogens (tertiary/aromatic N) is 1. The van der Waals surface area contributed by atoms with Gasteiger partial charge in [0.25, 0.3) is 0 Å². The van der Waals surface area contributed by atoms with Gasteiger partial charge >= 0.3 is 6.18 Å². The van der Waals surface area contributed by atoms with Gasteiger partial charge in [-0.05, 0) is 32.9 Å². The zero-order valence-electron chi connectivity index (χ0n) is 12.4. The fourth-order valence-electron chi connectivity index (χ4n) is 3.30. The Morgan fingerprint density at radius 1 is 1.38 bits per heavy atom. The molecule has 1 heterocycles. The molecule has 4 nitrogen and oxygen atoms in total. The Hall–Kier alpha value is -0.820. The first-order valence-electron chi connectivity index (χ1n) is 7.63. The molecule has 1 saturated carbocycles. The molecule has 7 heteroatoms. The van der Waals surface area contributed by atoms with E-state index in [9.17, 15) is 18.0 Å². The molecule has 122 valence electrons. The Balaban J connectivity index is 1.83. The molecule has 0 aromatic rings. The fourth-order valence-corrected chi connectivity index (χ4v) is 3.30. The molecule has 1 aliphatic heterocycles. The maximum atomic E-state index is 13.2. The van der Waals surface area contributed by atoms with E-state index >= 15 is 0 Å². The highest BCUT2D eigenvalue weighted by molar-refractivity contribution is 5.84. The van der Waals surface area contributed by atoms with Crippen molar-refractivity contribution in [2.24, 2.45) is 5.41 Å². The van der Waals surface area contributed by atoms with Gasteiger partial charge in [0.1, 0.15) is 0 Å². The van der Waals surface area contributed by atoms with Crippen LogP contribution < -0.4 is 10.6 Å². The molecule has 1 aliphatic carbocycles. The second kappa shape index (κ2) is 6.52. The molecule has 1 atom stereocenters. The lowest BCUT2D eigenvalue weighted by molar-refractivity contribution is -0.216. The summed E-state index contributed by atoms with van der Waals surface area (Å²) in [6.45, 7) is 0.775. The number of hydrogen-bond acceptors (Lipinski definition) is 3. The first kappa shape index (κ1) is 16.5. The van der Waals surface area contributed by atoms with Crippen LogP contribution in [-0.2, 0) is 4.79 Å². The van der Waals surface area contributed by atoms with E-state index in [0.29, 0.717) is 12.6 Å². The number of amides is 1. The van der Waals surface area contributed by atoms with Gasteiger partial charge in [0.05, 0.1) is 0 Å². The number of carbonyl (C=O) groups is 1. The molecule has 2 fully saturated rings. The zero-order chi connectivity index (χ0) is 15.5. The minimum atomic E-state index is -4.50. The van der Waals surface area contributed by atoms with Crippen LogP contribution in [-0.4, -0.2) is 56.3 Å². The lowest BCUT2D eigenvalue weighted by atomic mass is 9.85. The normalized spacial score (nSPS) is 27.5. The van der Waals surface area contributed by atoms with Crippen molar-refractivity contribution >= 4 is 5.91 Å². The van der Waals surface area contributed by atoms with Crippen LogP contribution in [0.25, 0.3) is 0 Å². The van der Waals surface area contributed by atoms with Gasteiger partial charge < -0.3 is 15.5 Å². The van der Waals surface area contributed by atoms with Gasteiger partial charge in [0.15, 0.2) is 5.41 Å². The molecule has 0 bridgehead atoms. The third-order valence-corrected chi connectivity index (χ3v) is 4.83. The van der Waals surface area contributed by atoms with E-state index < -0.39 is 17.5 Å². The van der Waals surface area contributed by atoms with Gasteiger partial charge in [-0.15, -0.1) is 0 Å². The smallest absolute Gasteiger partial charge is 0.354 e. The predicted octanol–water partition coefficient (Wildman–Crippen LogP) is 1.52. The summed E-state index contributed by atoms with van der Waals surface area (Å²) in [5, 5.41) is 5.14. The SMILES string of the molecule is CN(CCNC(=O)C1(C(F)(F)F)CCNC1)C1CCCC1. The van der Waals surface area contributed by atoms with E-state index in [0.717, 1.165) is 12.8 Å². The fraction of sp³-hybridized carbons (Fsp3) is 0.929. The van der Waals surface area contributed by atoms with Crippen molar-refractivity contribution in [3.05, 3.63) is 0 Å². The van der Waals surface area contributed by atoms with Crippen LogP contribution in [0.5, 0.6) is 0 Å². The number of alkyl halides is 3. The maximum Gasteiger partial charge on any atom is 0.404 e. The lowest BCUT2D eigenvalue weighted by Gasteiger charge is -2.30. The number of halogens is 3. The van der Waals surface area contributed by atoms with E-state index in [1.807, 2.05) is 7.05 Å². The first-order valence-corrected chi connectivity index (χ1v) is 7.63. The highest BCUT2D eigenvalue weighted by atomic mass is 19.4. The Kier molecular flexibility index (Phi) is 5.14. The van der Waals surface area contributed by atoms with Crippen molar-refractivity contribution in [2.45, 2.75) is 44.3 Å². The van der Waals surface area contributed by atoms with Crippen LogP contribution >= 0.6 is 0 Å². The highest BCUT2D eigenvalue weighted by Gasteiger charge is 2.61. The van der Waals surface area contributed by atoms with E-state index in [1.54, 1.807) is 0 Å². The van der Waals surface area contributed by atoms with E-state index in [1.165, 1.54) is 12.8 Å². The molecule has 1 saturated heterocycles. The summed E-state index contributed by atoms with van der Waals surface area (Å²) in [5.74, 6) is -0.889. The molecule has 2 aliphatic rings. The molecule has 0 aromatic carbocycles. The second-order valence-electron chi connectivity index (χ2n) is 6.18. The number of nitrogens with one attached hydrogen (secondary N) is 2. The summed E-state index contributed by atoms with van der Waals surface area (Å²) < 4.78 is 39.6. The quantitative estimate of drug-likeness (QED) is 0.809. The number of hydrogen-bond donors (Lipinski definition) is 2. The minimum Gasteiger partial charge on any atom is -0.354 e. The average Bonchev–Trinajstić information content (AvgIpc) is 3.09. The maximum absolute atomic E-state index is 13.2. The molecule has 0 spiro atoms. The molecule has 0 radical (unpaired) electrons. The summed E-state index contributed by atoms with van der Waals surface area (Å²) in [4.78, 5) is 14.2. The monoisotopic (exact) mass is 307 g/mol. The van der Waals surface area contributed by atoms with Gasteiger partial charge in [-0.25, -0.2) is 0 Å². The molecule has 1 unspecified atom stereocenters. The lowest BCUT2D eigenvalue weighted by Crippen LogP contribution is -2.53. The Labute approximate surface area is 123 Å². The first-order chi connectivity index (χ1) is 9.87. The summed E-state index contributed by atoms with van der Waals surface area (Å²) in [5.41, 5.74) is -2.25. The minimum absolute atomic E-state index is 0.180. The van der Waals surface area contributed by atoms with Crippen LogP contribution in [0.2, 0.25) is 0 Å². The summed E-state index contributed by atoms with van der Waals surface area (Å²) in [6, 6.07) is 0.506. The van der Waals surface area contributed by atoms with Crippen molar-refractivity contribution < 1.29 is 18.0 Å². The largest absolute Gasteiger partial charge is 0.404 e. The average molecular weight is 307 g/mol. The molecule has 1 amide bonds. The topological polar surface area (TPSA) is 44.4 Å². The molecular formula is C14H24F3N3O. The second-order valence-corrected chi connectivity index (χ2v) is 6.18. The molecule has 2 N–H and O–H groups in total. The molecular weight excluding hydrogens is 283 g/mol.